The molecule has 0 aromatic heterocycles. The highest BCUT2D eigenvalue weighted by Crippen LogP contribution is 2.37. The Hall–Kier alpha value is -1.07. The fourth-order valence-corrected chi connectivity index (χ4v) is 5.13. The summed E-state index contributed by atoms with van der Waals surface area (Å²) in [5.74, 6) is 1.22. The van der Waals surface area contributed by atoms with Crippen LogP contribution in [0.15, 0.2) is 29.2 Å². The molecular formula is C15H21NO3S. The summed E-state index contributed by atoms with van der Waals surface area (Å²) in [6.07, 6.45) is 5.89. The van der Waals surface area contributed by atoms with Gasteiger partial charge in [-0.15, -0.1) is 0 Å². The zero-order valence-corrected chi connectivity index (χ0v) is 12.3. The zero-order chi connectivity index (χ0) is 14.2. The first-order valence-corrected chi connectivity index (χ1v) is 8.80. The van der Waals surface area contributed by atoms with E-state index in [0.29, 0.717) is 24.9 Å². The molecule has 1 aliphatic heterocycles. The van der Waals surface area contributed by atoms with Crippen molar-refractivity contribution in [3.63, 3.8) is 0 Å². The lowest BCUT2D eigenvalue weighted by atomic mass is 9.76. The van der Waals surface area contributed by atoms with E-state index in [2.05, 4.69) is 0 Å². The van der Waals surface area contributed by atoms with Crippen molar-refractivity contribution in [3.05, 3.63) is 24.3 Å². The molecular weight excluding hydrogens is 274 g/mol. The average molecular weight is 295 g/mol. The van der Waals surface area contributed by atoms with Crippen molar-refractivity contribution in [1.82, 2.24) is 4.31 Å². The maximum Gasteiger partial charge on any atom is 0.243 e. The number of sulfonamides is 1. The Kier molecular flexibility index (Phi) is 3.73. The number of hydrogen-bond acceptors (Lipinski definition) is 3. The fraction of sp³-hybridized carbons (Fsp3) is 0.600. The van der Waals surface area contributed by atoms with E-state index in [1.54, 1.807) is 16.4 Å². The lowest BCUT2D eigenvalue weighted by Gasteiger charge is -2.40. The van der Waals surface area contributed by atoms with Crippen LogP contribution in [0.4, 0.5) is 0 Å². The number of aromatic hydroxyl groups is 1. The summed E-state index contributed by atoms with van der Waals surface area (Å²) in [4.78, 5) is 0.201. The minimum atomic E-state index is -3.46. The summed E-state index contributed by atoms with van der Waals surface area (Å²) in [7, 11) is -3.46. The quantitative estimate of drug-likeness (QED) is 0.912. The predicted molar refractivity (Wildman–Crippen MR) is 76.9 cm³/mol. The monoisotopic (exact) mass is 295 g/mol. The molecule has 2 atom stereocenters. The number of piperidine rings is 1. The Morgan fingerprint density at radius 1 is 1.10 bits per heavy atom. The molecule has 1 saturated heterocycles. The van der Waals surface area contributed by atoms with Gasteiger partial charge in [0.2, 0.25) is 10.0 Å². The van der Waals surface area contributed by atoms with E-state index in [-0.39, 0.29) is 10.6 Å². The van der Waals surface area contributed by atoms with Gasteiger partial charge in [0.15, 0.2) is 0 Å². The van der Waals surface area contributed by atoms with Gasteiger partial charge in [-0.25, -0.2) is 8.42 Å². The molecule has 110 valence electrons. The van der Waals surface area contributed by atoms with Crippen LogP contribution in [0.1, 0.15) is 32.1 Å². The highest BCUT2D eigenvalue weighted by molar-refractivity contribution is 7.89. The largest absolute Gasteiger partial charge is 0.508 e. The molecule has 0 amide bonds. The molecule has 1 saturated carbocycles. The number of nitrogens with zero attached hydrogens (tertiary/aromatic N) is 1. The highest BCUT2D eigenvalue weighted by Gasteiger charge is 2.36. The molecule has 1 aliphatic carbocycles. The molecule has 2 fully saturated rings. The summed E-state index contributed by atoms with van der Waals surface area (Å²) in [6, 6.07) is 5.96. The Bertz CT molecular complexity index is 585. The van der Waals surface area contributed by atoms with Crippen LogP contribution in [-0.2, 0) is 10.0 Å². The van der Waals surface area contributed by atoms with Crippen molar-refractivity contribution in [2.75, 3.05) is 13.1 Å². The maximum atomic E-state index is 12.6. The number of hydrogen-bond donors (Lipinski definition) is 1. The summed E-state index contributed by atoms with van der Waals surface area (Å²) in [5, 5.41) is 9.48. The Labute approximate surface area is 120 Å². The topological polar surface area (TPSA) is 57.6 Å². The summed E-state index contributed by atoms with van der Waals surface area (Å²) < 4.78 is 26.9. The molecule has 2 aliphatic rings. The number of benzene rings is 1. The fourth-order valence-electron chi connectivity index (χ4n) is 3.58. The molecule has 2 unspecified atom stereocenters. The molecule has 0 spiro atoms. The highest BCUT2D eigenvalue weighted by atomic mass is 32.2. The molecule has 1 N–H and O–H groups in total. The van der Waals surface area contributed by atoms with Crippen molar-refractivity contribution in [3.8, 4) is 5.75 Å². The first-order chi connectivity index (χ1) is 9.57. The predicted octanol–water partition coefficient (Wildman–Crippen LogP) is 2.59. The first kappa shape index (κ1) is 13.9. The third-order valence-electron chi connectivity index (χ3n) is 4.71. The van der Waals surface area contributed by atoms with Gasteiger partial charge in [-0.1, -0.05) is 25.3 Å². The third kappa shape index (κ3) is 2.56. The number of rotatable bonds is 2. The zero-order valence-electron chi connectivity index (χ0n) is 11.5. The standard InChI is InChI=1S/C15H21NO3S/c17-14-6-3-7-15(10-14)20(18,19)16-9-8-12-4-1-2-5-13(12)11-16/h3,6-7,10,12-13,17H,1-2,4-5,8-9,11H2. The van der Waals surface area contributed by atoms with E-state index in [9.17, 15) is 13.5 Å². The van der Waals surface area contributed by atoms with Crippen LogP contribution in [0, 0.1) is 11.8 Å². The molecule has 1 aromatic rings. The Balaban J connectivity index is 1.81. The number of phenolic OH excluding ortho intramolecular Hbond substituents is 1. The van der Waals surface area contributed by atoms with Crippen molar-refractivity contribution in [2.24, 2.45) is 11.8 Å². The van der Waals surface area contributed by atoms with Crippen molar-refractivity contribution >= 4 is 10.0 Å². The Morgan fingerprint density at radius 3 is 2.60 bits per heavy atom. The van der Waals surface area contributed by atoms with Gasteiger partial charge in [-0.05, 0) is 42.9 Å². The molecule has 5 heteroatoms. The first-order valence-electron chi connectivity index (χ1n) is 7.36. The summed E-state index contributed by atoms with van der Waals surface area (Å²) in [6.45, 7) is 1.25. The molecule has 1 heterocycles. The van der Waals surface area contributed by atoms with Gasteiger partial charge in [0, 0.05) is 13.1 Å². The van der Waals surface area contributed by atoms with Gasteiger partial charge >= 0.3 is 0 Å². The molecule has 0 radical (unpaired) electrons. The number of phenols is 1. The SMILES string of the molecule is O=S(=O)(c1cccc(O)c1)N1CCC2CCCCC2C1. The van der Waals surface area contributed by atoms with Gasteiger partial charge in [-0.2, -0.15) is 4.31 Å². The van der Waals surface area contributed by atoms with E-state index in [4.69, 9.17) is 0 Å². The van der Waals surface area contributed by atoms with Crippen LogP contribution in [-0.4, -0.2) is 30.9 Å². The summed E-state index contributed by atoms with van der Waals surface area (Å²) >= 11 is 0. The Morgan fingerprint density at radius 2 is 1.85 bits per heavy atom. The van der Waals surface area contributed by atoms with Crippen molar-refractivity contribution in [1.29, 1.82) is 0 Å². The van der Waals surface area contributed by atoms with E-state index in [0.717, 1.165) is 12.8 Å². The molecule has 20 heavy (non-hydrogen) atoms. The molecule has 4 nitrogen and oxygen atoms in total. The third-order valence-corrected chi connectivity index (χ3v) is 6.57. The van der Waals surface area contributed by atoms with Crippen LogP contribution in [0.2, 0.25) is 0 Å². The van der Waals surface area contributed by atoms with E-state index < -0.39 is 10.0 Å². The second-order valence-electron chi connectivity index (χ2n) is 5.95. The van der Waals surface area contributed by atoms with Crippen LogP contribution >= 0.6 is 0 Å². The lowest BCUT2D eigenvalue weighted by molar-refractivity contribution is 0.136. The van der Waals surface area contributed by atoms with Crippen LogP contribution in [0.25, 0.3) is 0 Å². The minimum Gasteiger partial charge on any atom is -0.508 e. The smallest absolute Gasteiger partial charge is 0.243 e. The van der Waals surface area contributed by atoms with E-state index in [1.165, 1.54) is 31.4 Å². The van der Waals surface area contributed by atoms with Gasteiger partial charge < -0.3 is 5.11 Å². The van der Waals surface area contributed by atoms with Crippen molar-refractivity contribution < 1.29 is 13.5 Å². The minimum absolute atomic E-state index is 0.00127. The van der Waals surface area contributed by atoms with Gasteiger partial charge in [0.1, 0.15) is 5.75 Å². The average Bonchev–Trinajstić information content (AvgIpc) is 2.46. The molecule has 0 bridgehead atoms. The molecule has 3 rings (SSSR count). The maximum absolute atomic E-state index is 12.6. The van der Waals surface area contributed by atoms with E-state index >= 15 is 0 Å². The van der Waals surface area contributed by atoms with Crippen molar-refractivity contribution in [2.45, 2.75) is 37.0 Å². The number of fused-ring (bicyclic) bond motifs is 1. The van der Waals surface area contributed by atoms with Crippen LogP contribution in [0.5, 0.6) is 5.75 Å². The van der Waals surface area contributed by atoms with Crippen LogP contribution in [0.3, 0.4) is 0 Å². The lowest BCUT2D eigenvalue weighted by Crippen LogP contribution is -2.44. The van der Waals surface area contributed by atoms with Crippen LogP contribution < -0.4 is 0 Å². The normalized spacial score (nSPS) is 28.0. The van der Waals surface area contributed by atoms with Gasteiger partial charge in [0.05, 0.1) is 4.90 Å². The van der Waals surface area contributed by atoms with Gasteiger partial charge in [0.25, 0.3) is 0 Å². The second-order valence-corrected chi connectivity index (χ2v) is 7.89. The molecule has 1 aromatic carbocycles. The van der Waals surface area contributed by atoms with Gasteiger partial charge in [-0.3, -0.25) is 0 Å². The van der Waals surface area contributed by atoms with E-state index in [1.807, 2.05) is 0 Å². The summed E-state index contributed by atoms with van der Waals surface area (Å²) in [5.41, 5.74) is 0. The second kappa shape index (κ2) is 5.37.